The fourth-order valence-corrected chi connectivity index (χ4v) is 0.757. The van der Waals surface area contributed by atoms with Gasteiger partial charge in [0.1, 0.15) is 0 Å². The largest absolute Gasteiger partial charge is 0.386 e. The van der Waals surface area contributed by atoms with Gasteiger partial charge in [-0.2, -0.15) is 0 Å². The molecule has 0 aliphatic heterocycles. The van der Waals surface area contributed by atoms with Gasteiger partial charge in [-0.15, -0.1) is 0 Å². The van der Waals surface area contributed by atoms with Crippen molar-refractivity contribution in [1.29, 1.82) is 0 Å². The number of guanidine groups is 1. The number of rotatable bonds is 1. The van der Waals surface area contributed by atoms with Gasteiger partial charge in [-0.25, -0.2) is 4.99 Å². The normalized spacial score (nSPS) is 8.93. The summed E-state index contributed by atoms with van der Waals surface area (Å²) < 4.78 is 0. The minimum absolute atomic E-state index is 0. The van der Waals surface area contributed by atoms with Crippen molar-refractivity contribution in [3.63, 3.8) is 0 Å². The van der Waals surface area contributed by atoms with E-state index in [1.807, 2.05) is 0 Å². The monoisotopic (exact) mass is 281 g/mol. The topological polar surface area (TPSA) is 107 Å². The van der Waals surface area contributed by atoms with Gasteiger partial charge in [0.25, 0.3) is 0 Å². The van der Waals surface area contributed by atoms with E-state index in [9.17, 15) is 4.79 Å². The molecule has 0 saturated heterocycles. The van der Waals surface area contributed by atoms with E-state index >= 15 is 0 Å². The number of aryl methyl sites for hydroxylation is 2. The van der Waals surface area contributed by atoms with Gasteiger partial charge in [0.05, 0.1) is 0 Å². The zero-order chi connectivity index (χ0) is 10.7. The van der Waals surface area contributed by atoms with Gasteiger partial charge in [0, 0.05) is 44.1 Å². The first kappa shape index (κ1) is 14.1. The van der Waals surface area contributed by atoms with E-state index in [0.29, 0.717) is 11.4 Å². The Morgan fingerprint density at radius 3 is 2.40 bits per heavy atom. The molecule has 1 radical (unpaired) electrons. The van der Waals surface area contributed by atoms with E-state index in [1.165, 1.54) is 0 Å². The molecule has 0 atom stereocenters. The summed E-state index contributed by atoms with van der Waals surface area (Å²) in [6.45, 7) is 3.51. The van der Waals surface area contributed by atoms with Crippen LogP contribution in [0.3, 0.4) is 0 Å². The van der Waals surface area contributed by atoms with E-state index in [-0.39, 0.29) is 44.4 Å². The summed E-state index contributed by atoms with van der Waals surface area (Å²) in [6.07, 6.45) is 2.45. The zero-order valence-corrected chi connectivity index (χ0v) is 11.3. The third-order valence-electron chi connectivity index (χ3n) is 1.57. The van der Waals surface area contributed by atoms with Gasteiger partial charge >= 0.3 is 0 Å². The van der Waals surface area contributed by atoms with E-state index in [2.05, 4.69) is 21.2 Å². The molecule has 0 fully saturated rings. The fourth-order valence-electron chi connectivity index (χ4n) is 0.757. The van der Waals surface area contributed by atoms with Crippen LogP contribution in [-0.4, -0.2) is 21.8 Å². The van der Waals surface area contributed by atoms with E-state index in [4.69, 9.17) is 11.5 Å². The van der Waals surface area contributed by atoms with Crippen molar-refractivity contribution in [3.05, 3.63) is 23.3 Å². The van der Waals surface area contributed by atoms with Gasteiger partial charge in [-0.1, -0.05) is 6.92 Å². The standard InChI is InChI=1S/C8H10N5O.Y/c1-4-5(2)12-6(3-11-4)7(14)13-8(9)10;/h1-2H3,(H4,9,10,13,14);/q-1;. The molecule has 15 heavy (non-hydrogen) atoms. The van der Waals surface area contributed by atoms with Crippen LogP contribution >= 0.6 is 0 Å². The summed E-state index contributed by atoms with van der Waals surface area (Å²) in [5.41, 5.74) is 11.5. The summed E-state index contributed by atoms with van der Waals surface area (Å²) in [6, 6.07) is 0. The molecule has 6 nitrogen and oxygen atoms in total. The van der Waals surface area contributed by atoms with Crippen LogP contribution in [0.1, 0.15) is 21.9 Å². The molecular formula is C8H10N5OY-. The first-order valence-corrected chi connectivity index (χ1v) is 3.87. The first-order chi connectivity index (χ1) is 6.50. The van der Waals surface area contributed by atoms with E-state index in [1.54, 1.807) is 13.8 Å². The summed E-state index contributed by atoms with van der Waals surface area (Å²) in [7, 11) is 0. The summed E-state index contributed by atoms with van der Waals surface area (Å²) in [5, 5.41) is 0. The third kappa shape index (κ3) is 4.01. The maximum absolute atomic E-state index is 11.2. The predicted molar refractivity (Wildman–Crippen MR) is 50.5 cm³/mol. The number of carbonyl (C=O) groups excluding carboxylic acids is 1. The van der Waals surface area contributed by atoms with Gasteiger partial charge in [0.15, 0.2) is 11.9 Å². The SMILES string of the molecule is Cc1n[c-]c(C(=O)N=C(N)N)nc1C.[Y]. The zero-order valence-electron chi connectivity index (χ0n) is 8.48. The van der Waals surface area contributed by atoms with Crippen molar-refractivity contribution in [2.45, 2.75) is 13.8 Å². The fraction of sp³-hybridized carbons (Fsp3) is 0.250. The molecule has 0 spiro atoms. The number of carbonyl (C=O) groups is 1. The molecule has 0 aliphatic carbocycles. The minimum atomic E-state index is -0.638. The molecule has 0 saturated carbocycles. The Labute approximate surface area is 112 Å². The van der Waals surface area contributed by atoms with Crippen LogP contribution in [0, 0.1) is 20.0 Å². The second-order valence-corrected chi connectivity index (χ2v) is 2.70. The number of aromatic nitrogens is 2. The number of amides is 1. The Balaban J connectivity index is 0.00000196. The summed E-state index contributed by atoms with van der Waals surface area (Å²) >= 11 is 0. The second kappa shape index (κ2) is 5.87. The number of aliphatic imine (C=N–C) groups is 1. The van der Waals surface area contributed by atoms with Crippen LogP contribution in [0.2, 0.25) is 0 Å². The molecule has 0 aromatic carbocycles. The Kier molecular flexibility index (Phi) is 5.53. The van der Waals surface area contributed by atoms with Crippen LogP contribution in [-0.2, 0) is 32.7 Å². The van der Waals surface area contributed by atoms with Crippen LogP contribution in [0.4, 0.5) is 0 Å². The number of nitrogens with two attached hydrogens (primary N) is 2. The van der Waals surface area contributed by atoms with Gasteiger partial charge in [-0.05, 0) is 18.8 Å². The molecule has 4 N–H and O–H groups in total. The Morgan fingerprint density at radius 1 is 1.33 bits per heavy atom. The van der Waals surface area contributed by atoms with Crippen LogP contribution in [0.15, 0.2) is 4.99 Å². The predicted octanol–water partition coefficient (Wildman–Crippen LogP) is -0.695. The van der Waals surface area contributed by atoms with Crippen molar-refractivity contribution in [1.82, 2.24) is 9.97 Å². The maximum Gasteiger partial charge on any atom is 0.194 e. The second-order valence-electron chi connectivity index (χ2n) is 2.70. The number of hydrogen-bond donors (Lipinski definition) is 2. The van der Waals surface area contributed by atoms with Gasteiger partial charge in [0.2, 0.25) is 0 Å². The molecular weight excluding hydrogens is 271 g/mol. The average molecular weight is 281 g/mol. The number of nitrogens with zero attached hydrogens (tertiary/aromatic N) is 3. The molecule has 0 unspecified atom stereocenters. The minimum Gasteiger partial charge on any atom is -0.386 e. The van der Waals surface area contributed by atoms with Crippen molar-refractivity contribution in [3.8, 4) is 0 Å². The quantitative estimate of drug-likeness (QED) is 0.402. The molecule has 1 rings (SSSR count). The van der Waals surface area contributed by atoms with Crippen molar-refractivity contribution < 1.29 is 37.5 Å². The molecule has 1 amide bonds. The molecule has 1 heterocycles. The summed E-state index contributed by atoms with van der Waals surface area (Å²) in [4.78, 5) is 22.3. The van der Waals surface area contributed by atoms with Crippen molar-refractivity contribution in [2.75, 3.05) is 0 Å². The molecule has 0 bridgehead atoms. The van der Waals surface area contributed by atoms with Crippen molar-refractivity contribution in [2.24, 2.45) is 16.5 Å². The van der Waals surface area contributed by atoms with Crippen LogP contribution < -0.4 is 11.5 Å². The molecule has 1 aromatic rings. The molecule has 1 aromatic heterocycles. The van der Waals surface area contributed by atoms with E-state index < -0.39 is 5.91 Å². The van der Waals surface area contributed by atoms with Crippen molar-refractivity contribution >= 4 is 11.9 Å². The van der Waals surface area contributed by atoms with Gasteiger partial charge in [-0.3, -0.25) is 4.98 Å². The smallest absolute Gasteiger partial charge is 0.194 e. The Morgan fingerprint density at radius 2 is 1.93 bits per heavy atom. The average Bonchev–Trinajstić information content (AvgIpc) is 2.08. The van der Waals surface area contributed by atoms with Crippen LogP contribution in [0.25, 0.3) is 0 Å². The Hall–Kier alpha value is -0.876. The Bertz CT molecular complexity index is 400. The van der Waals surface area contributed by atoms with E-state index in [0.717, 1.165) is 0 Å². The summed E-state index contributed by atoms with van der Waals surface area (Å²) in [5.74, 6) is -0.941. The van der Waals surface area contributed by atoms with Gasteiger partial charge < -0.3 is 21.2 Å². The first-order valence-electron chi connectivity index (χ1n) is 3.87. The molecule has 77 valence electrons. The maximum atomic E-state index is 11.2. The van der Waals surface area contributed by atoms with Crippen LogP contribution in [0.5, 0.6) is 0 Å². The molecule has 0 aliphatic rings. The third-order valence-corrected chi connectivity index (χ3v) is 1.57. The number of hydrogen-bond acceptors (Lipinski definition) is 3. The molecule has 7 heteroatoms.